The van der Waals surface area contributed by atoms with Crippen molar-refractivity contribution in [2.24, 2.45) is 0 Å². The van der Waals surface area contributed by atoms with Gasteiger partial charge in [0.25, 0.3) is 0 Å². The van der Waals surface area contributed by atoms with E-state index in [4.69, 9.17) is 9.47 Å². The molecular weight excluding hydrogens is 412 g/mol. The lowest BCUT2D eigenvalue weighted by Gasteiger charge is -2.34. The van der Waals surface area contributed by atoms with Crippen LogP contribution in [0.3, 0.4) is 0 Å². The number of fused-ring (bicyclic) bond motifs is 1. The number of likely N-dealkylation sites (tertiary alicyclic amines) is 1. The number of carbonyl (C=O) groups is 3. The average Bonchev–Trinajstić information content (AvgIpc) is 3.11. The monoisotopic (exact) mass is 442 g/mol. The Kier molecular flexibility index (Phi) is 7.63. The molecule has 0 bridgehead atoms. The number of nitrogens with zero attached hydrogens (tertiary/aromatic N) is 3. The van der Waals surface area contributed by atoms with Gasteiger partial charge in [0.05, 0.1) is 16.9 Å². The number of hydrogen-bond donors (Lipinski definition) is 1. The molecule has 9 heteroatoms. The number of ether oxygens (including phenoxy) is 2. The highest BCUT2D eigenvalue weighted by Crippen LogP contribution is 2.28. The van der Waals surface area contributed by atoms with Crippen molar-refractivity contribution in [2.75, 3.05) is 13.1 Å². The van der Waals surface area contributed by atoms with E-state index in [2.05, 4.69) is 29.2 Å². The van der Waals surface area contributed by atoms with E-state index in [0.29, 0.717) is 22.8 Å². The quantitative estimate of drug-likeness (QED) is 0.416. The number of amides is 1. The molecule has 1 fully saturated rings. The van der Waals surface area contributed by atoms with Crippen molar-refractivity contribution in [1.29, 1.82) is 0 Å². The predicted octanol–water partition coefficient (Wildman–Crippen LogP) is 3.20. The average molecular weight is 443 g/mol. The summed E-state index contributed by atoms with van der Waals surface area (Å²) < 4.78 is 11.8. The second-order valence-electron chi connectivity index (χ2n) is 8.37. The van der Waals surface area contributed by atoms with E-state index < -0.39 is 18.0 Å². The summed E-state index contributed by atoms with van der Waals surface area (Å²) in [6.07, 6.45) is 2.58. The van der Waals surface area contributed by atoms with Crippen LogP contribution in [0.25, 0.3) is 10.9 Å². The Morgan fingerprint density at radius 1 is 1.03 bits per heavy atom. The predicted molar refractivity (Wildman–Crippen MR) is 119 cm³/mol. The molecule has 1 aliphatic heterocycles. The molecule has 2 aromatic rings. The minimum absolute atomic E-state index is 0.0322. The molecule has 0 unspecified atom stereocenters. The number of piperidine rings is 1. The molecule has 0 aliphatic carbocycles. The second kappa shape index (κ2) is 10.4. The van der Waals surface area contributed by atoms with Gasteiger partial charge in [-0.25, -0.2) is 19.1 Å². The summed E-state index contributed by atoms with van der Waals surface area (Å²) >= 11 is 0. The van der Waals surface area contributed by atoms with E-state index >= 15 is 0 Å². The van der Waals surface area contributed by atoms with Crippen molar-refractivity contribution in [2.45, 2.75) is 58.7 Å². The van der Waals surface area contributed by atoms with Crippen LogP contribution in [0, 0.1) is 0 Å². The lowest BCUT2D eigenvalue weighted by atomic mass is 10.0. The zero-order valence-electron chi connectivity index (χ0n) is 18.9. The van der Waals surface area contributed by atoms with Gasteiger partial charge in [0.15, 0.2) is 0 Å². The summed E-state index contributed by atoms with van der Waals surface area (Å²) in [6.45, 7) is 9.87. The third kappa shape index (κ3) is 5.94. The van der Waals surface area contributed by atoms with Crippen LogP contribution in [-0.2, 0) is 14.3 Å². The van der Waals surface area contributed by atoms with Crippen molar-refractivity contribution in [3.05, 3.63) is 36.4 Å². The van der Waals surface area contributed by atoms with Gasteiger partial charge in [0.2, 0.25) is 5.88 Å². The maximum absolute atomic E-state index is 12.3. The van der Waals surface area contributed by atoms with E-state index in [1.54, 1.807) is 10.7 Å². The van der Waals surface area contributed by atoms with E-state index in [1.165, 1.54) is 0 Å². The smallest absolute Gasteiger partial charge is 0.404 e. The van der Waals surface area contributed by atoms with Crippen molar-refractivity contribution < 1.29 is 23.9 Å². The molecule has 1 N–H and O–H groups in total. The van der Waals surface area contributed by atoms with Gasteiger partial charge in [0.1, 0.15) is 0 Å². The second-order valence-corrected chi connectivity index (χ2v) is 8.37. The number of esters is 2. The Bertz CT molecular complexity index is 1000. The first kappa shape index (κ1) is 23.5. The summed E-state index contributed by atoms with van der Waals surface area (Å²) in [6, 6.07) is 7.69. The summed E-state index contributed by atoms with van der Waals surface area (Å²) in [5.41, 5.74) is 0.697. The molecule has 172 valence electrons. The van der Waals surface area contributed by atoms with Crippen LogP contribution >= 0.6 is 0 Å². The minimum Gasteiger partial charge on any atom is -0.404 e. The van der Waals surface area contributed by atoms with Crippen LogP contribution < -0.4 is 10.1 Å². The maximum Gasteiger partial charge on any atom is 0.415 e. The van der Waals surface area contributed by atoms with Crippen molar-refractivity contribution in [1.82, 2.24) is 20.0 Å². The minimum atomic E-state index is -0.943. The van der Waals surface area contributed by atoms with E-state index in [-0.39, 0.29) is 12.1 Å². The van der Waals surface area contributed by atoms with Gasteiger partial charge in [-0.1, -0.05) is 12.1 Å². The van der Waals surface area contributed by atoms with Crippen LogP contribution in [0.5, 0.6) is 5.88 Å². The zero-order chi connectivity index (χ0) is 23.3. The molecule has 1 amide bonds. The van der Waals surface area contributed by atoms with Gasteiger partial charge in [0, 0.05) is 37.3 Å². The molecule has 1 aliphatic rings. The fourth-order valence-corrected chi connectivity index (χ4v) is 3.63. The first-order chi connectivity index (χ1) is 15.2. The zero-order valence-corrected chi connectivity index (χ0v) is 18.9. The Balaban J connectivity index is 1.52. The third-order valence-electron chi connectivity index (χ3n) is 5.38. The van der Waals surface area contributed by atoms with E-state index in [1.807, 2.05) is 32.0 Å². The van der Waals surface area contributed by atoms with Gasteiger partial charge in [-0.2, -0.15) is 5.10 Å². The lowest BCUT2D eigenvalue weighted by Crippen LogP contribution is -2.47. The Labute approximate surface area is 187 Å². The summed E-state index contributed by atoms with van der Waals surface area (Å²) in [7, 11) is 0. The molecule has 0 spiro atoms. The largest absolute Gasteiger partial charge is 0.415 e. The Morgan fingerprint density at radius 2 is 1.69 bits per heavy atom. The number of alkyl carbamates (subject to hydrolysis) is 1. The van der Waals surface area contributed by atoms with E-state index in [9.17, 15) is 14.4 Å². The molecule has 2 heterocycles. The van der Waals surface area contributed by atoms with Gasteiger partial charge < -0.3 is 19.7 Å². The van der Waals surface area contributed by atoms with Gasteiger partial charge >= 0.3 is 18.0 Å². The number of rotatable bonds is 6. The van der Waals surface area contributed by atoms with E-state index in [0.717, 1.165) is 38.1 Å². The molecule has 1 aromatic heterocycles. The molecule has 1 saturated heterocycles. The first-order valence-corrected chi connectivity index (χ1v) is 10.9. The van der Waals surface area contributed by atoms with Crippen LogP contribution in [0.15, 0.2) is 36.4 Å². The number of hydrogen-bond acceptors (Lipinski definition) is 7. The van der Waals surface area contributed by atoms with Crippen LogP contribution in [0.1, 0.15) is 46.6 Å². The normalized spacial score (nSPS) is 15.6. The van der Waals surface area contributed by atoms with Crippen molar-refractivity contribution in [3.8, 4) is 5.88 Å². The molecule has 0 atom stereocenters. The Morgan fingerprint density at radius 3 is 2.34 bits per heavy atom. The van der Waals surface area contributed by atoms with Gasteiger partial charge in [-0.15, -0.1) is 0 Å². The molecule has 32 heavy (non-hydrogen) atoms. The molecule has 0 saturated carbocycles. The summed E-state index contributed by atoms with van der Waals surface area (Å²) in [5.74, 6) is -1.42. The SMILES string of the molecule is CC(C)N1CCC(NC(=O)OC(=O)/C=C/C(=O)Oc2c3ccccc3nn2C(C)C)CC1. The van der Waals surface area contributed by atoms with Gasteiger partial charge in [-0.05, 0) is 52.7 Å². The van der Waals surface area contributed by atoms with Crippen LogP contribution in [-0.4, -0.2) is 57.9 Å². The first-order valence-electron chi connectivity index (χ1n) is 10.9. The fraction of sp³-hybridized carbons (Fsp3) is 0.478. The molecule has 9 nitrogen and oxygen atoms in total. The topological polar surface area (TPSA) is 103 Å². The molecule has 3 rings (SSSR count). The summed E-state index contributed by atoms with van der Waals surface area (Å²) in [5, 5.41) is 7.83. The number of carbonyl (C=O) groups excluding carboxylic acids is 3. The van der Waals surface area contributed by atoms with Crippen molar-refractivity contribution in [3.63, 3.8) is 0 Å². The summed E-state index contributed by atoms with van der Waals surface area (Å²) in [4.78, 5) is 38.5. The third-order valence-corrected chi connectivity index (χ3v) is 5.38. The van der Waals surface area contributed by atoms with Gasteiger partial charge in [-0.3, -0.25) is 0 Å². The lowest BCUT2D eigenvalue weighted by molar-refractivity contribution is -0.133. The number of benzene rings is 1. The maximum atomic E-state index is 12.3. The fourth-order valence-electron chi connectivity index (χ4n) is 3.63. The van der Waals surface area contributed by atoms with Crippen molar-refractivity contribution >= 4 is 28.9 Å². The number of nitrogens with one attached hydrogen (secondary N) is 1. The highest BCUT2D eigenvalue weighted by molar-refractivity contribution is 5.97. The van der Waals surface area contributed by atoms with Crippen LogP contribution in [0.2, 0.25) is 0 Å². The molecular formula is C23H30N4O5. The standard InChI is InChI=1S/C23H30N4O5/c1-15(2)26-13-11-17(12-14-26)24-23(30)32-21(29)10-9-20(28)31-22-18-7-5-6-8-19(18)25-27(22)16(3)4/h5-10,15-17H,11-14H2,1-4H3,(H,24,30)/b10-9+. The number of aromatic nitrogens is 2. The highest BCUT2D eigenvalue weighted by atomic mass is 16.6. The Hall–Kier alpha value is -3.20. The molecule has 0 radical (unpaired) electrons. The van der Waals surface area contributed by atoms with Crippen LogP contribution in [0.4, 0.5) is 4.79 Å². The highest BCUT2D eigenvalue weighted by Gasteiger charge is 2.23. The molecule has 1 aromatic carbocycles.